The van der Waals surface area contributed by atoms with Crippen molar-refractivity contribution in [3.8, 4) is 5.75 Å². The molecule has 0 aliphatic carbocycles. The molecule has 0 aliphatic heterocycles. The molecular formula is C17H22F5NO4S. The first-order valence-corrected chi connectivity index (χ1v) is 9.16. The highest BCUT2D eigenvalue weighted by molar-refractivity contribution is 7.90. The minimum atomic E-state index is -4.84. The molecule has 5 nitrogen and oxygen atoms in total. The first-order valence-electron chi connectivity index (χ1n) is 8.05. The van der Waals surface area contributed by atoms with E-state index in [1.807, 2.05) is 0 Å². The molecule has 0 amide bonds. The number of rotatable bonds is 7. The summed E-state index contributed by atoms with van der Waals surface area (Å²) in [6, 6.07) is 0.981. The number of hydrogen-bond acceptors (Lipinski definition) is 5. The first-order chi connectivity index (χ1) is 12.7. The van der Waals surface area contributed by atoms with E-state index < -0.39 is 58.6 Å². The smallest absolute Gasteiger partial charge is 0.416 e. The molecule has 0 fully saturated rings. The highest BCUT2D eigenvalue weighted by Crippen LogP contribution is 2.38. The fourth-order valence-corrected chi connectivity index (χ4v) is 3.69. The zero-order valence-electron chi connectivity index (χ0n) is 16.0. The van der Waals surface area contributed by atoms with Crippen LogP contribution in [0.1, 0.15) is 44.4 Å². The van der Waals surface area contributed by atoms with Crippen molar-refractivity contribution in [2.45, 2.75) is 50.8 Å². The van der Waals surface area contributed by atoms with Crippen molar-refractivity contribution >= 4 is 17.3 Å². The number of esters is 1. The van der Waals surface area contributed by atoms with Crippen LogP contribution in [0.2, 0.25) is 0 Å². The lowest BCUT2D eigenvalue weighted by Crippen LogP contribution is -2.43. The van der Waals surface area contributed by atoms with E-state index in [4.69, 9.17) is 0 Å². The molecule has 0 radical (unpaired) electrons. The van der Waals surface area contributed by atoms with E-state index in [0.29, 0.717) is 12.1 Å². The SMILES string of the molecule is COC(=O)C[C@@H](c1cc(OC(F)F)cc(C(F)(F)F)c1)N(C)[S@+]([O-])C(C)(C)C. The van der Waals surface area contributed by atoms with Crippen LogP contribution in [0.3, 0.4) is 0 Å². The maximum absolute atomic E-state index is 13.2. The lowest BCUT2D eigenvalue weighted by Gasteiger charge is -2.35. The minimum absolute atomic E-state index is 0.157. The van der Waals surface area contributed by atoms with Gasteiger partial charge >= 0.3 is 18.8 Å². The van der Waals surface area contributed by atoms with Gasteiger partial charge in [-0.15, -0.1) is 4.31 Å². The molecule has 160 valence electrons. The van der Waals surface area contributed by atoms with E-state index in [-0.39, 0.29) is 5.56 Å². The van der Waals surface area contributed by atoms with Gasteiger partial charge in [0, 0.05) is 18.4 Å². The molecule has 0 saturated carbocycles. The molecule has 0 bridgehead atoms. The summed E-state index contributed by atoms with van der Waals surface area (Å²) in [6.45, 7) is 1.60. The Morgan fingerprint density at radius 3 is 2.21 bits per heavy atom. The molecule has 1 rings (SSSR count). The Morgan fingerprint density at radius 2 is 1.79 bits per heavy atom. The lowest BCUT2D eigenvalue weighted by atomic mass is 10.0. The second-order valence-corrected chi connectivity index (χ2v) is 9.17. The summed E-state index contributed by atoms with van der Waals surface area (Å²) >= 11 is -1.72. The van der Waals surface area contributed by atoms with Gasteiger partial charge < -0.3 is 14.0 Å². The molecule has 0 unspecified atom stereocenters. The highest BCUT2D eigenvalue weighted by atomic mass is 32.2. The van der Waals surface area contributed by atoms with Gasteiger partial charge in [-0.05, 0) is 44.5 Å². The highest BCUT2D eigenvalue weighted by Gasteiger charge is 2.39. The molecule has 0 saturated heterocycles. The molecule has 1 aromatic rings. The van der Waals surface area contributed by atoms with Crippen molar-refractivity contribution in [3.63, 3.8) is 0 Å². The number of carbonyl (C=O) groups excluding carboxylic acids is 1. The van der Waals surface area contributed by atoms with Crippen LogP contribution >= 0.6 is 0 Å². The number of benzene rings is 1. The first kappa shape index (κ1) is 24.4. The van der Waals surface area contributed by atoms with Crippen molar-refractivity contribution in [2.75, 3.05) is 14.2 Å². The van der Waals surface area contributed by atoms with Gasteiger partial charge in [0.15, 0.2) is 0 Å². The lowest BCUT2D eigenvalue weighted by molar-refractivity contribution is -0.141. The van der Waals surface area contributed by atoms with E-state index in [9.17, 15) is 31.3 Å². The number of nitrogens with zero attached hydrogens (tertiary/aromatic N) is 1. The van der Waals surface area contributed by atoms with Crippen molar-refractivity contribution in [2.24, 2.45) is 0 Å². The van der Waals surface area contributed by atoms with Gasteiger partial charge in [-0.3, -0.25) is 4.79 Å². The van der Waals surface area contributed by atoms with E-state index in [1.165, 1.54) is 11.4 Å². The third-order valence-corrected chi connectivity index (χ3v) is 5.50. The van der Waals surface area contributed by atoms with Crippen LogP contribution in [0.25, 0.3) is 0 Å². The van der Waals surface area contributed by atoms with Gasteiger partial charge in [-0.2, -0.15) is 22.0 Å². The molecule has 0 spiro atoms. The van der Waals surface area contributed by atoms with Crippen LogP contribution in [-0.4, -0.2) is 40.3 Å². The second-order valence-electron chi connectivity index (χ2n) is 6.87. The summed E-state index contributed by atoms with van der Waals surface area (Å²) in [5.41, 5.74) is -1.39. The standard InChI is InChI=1S/C17H22F5NO4S/c1-16(2,3)28(25)23(4)13(9-14(24)26-5)10-6-11(17(20,21)22)8-12(7-10)27-15(18)19/h6-8,13,15H,9H2,1-5H3/t13-,28+/m0/s1. The fourth-order valence-electron chi connectivity index (χ4n) is 2.39. The maximum atomic E-state index is 13.2. The Morgan fingerprint density at radius 1 is 1.21 bits per heavy atom. The molecular weight excluding hydrogens is 409 g/mol. The number of methoxy groups -OCH3 is 1. The minimum Gasteiger partial charge on any atom is -0.597 e. The van der Waals surface area contributed by atoms with Crippen LogP contribution in [0, 0.1) is 0 Å². The summed E-state index contributed by atoms with van der Waals surface area (Å²) < 4.78 is 86.6. The third kappa shape index (κ3) is 6.78. The summed E-state index contributed by atoms with van der Waals surface area (Å²) in [6.07, 6.45) is -5.28. The van der Waals surface area contributed by atoms with Crippen molar-refractivity contribution in [1.82, 2.24) is 4.31 Å². The second kappa shape index (κ2) is 9.27. The predicted octanol–water partition coefficient (Wildman–Crippen LogP) is 4.31. The monoisotopic (exact) mass is 431 g/mol. The van der Waals surface area contributed by atoms with Gasteiger partial charge in [0.05, 0.1) is 25.1 Å². The van der Waals surface area contributed by atoms with Crippen LogP contribution in [0.15, 0.2) is 18.2 Å². The number of ether oxygens (including phenoxy) is 2. The largest absolute Gasteiger partial charge is 0.597 e. The van der Waals surface area contributed by atoms with Crippen molar-refractivity contribution in [3.05, 3.63) is 29.3 Å². The Hall–Kier alpha value is -1.59. The van der Waals surface area contributed by atoms with E-state index in [2.05, 4.69) is 9.47 Å². The average Bonchev–Trinajstić information content (AvgIpc) is 2.55. The summed E-state index contributed by atoms with van der Waals surface area (Å²) in [5.74, 6) is -1.49. The average molecular weight is 431 g/mol. The Bertz CT molecular complexity index is 678. The molecule has 0 heterocycles. The predicted molar refractivity (Wildman–Crippen MR) is 93.1 cm³/mol. The Balaban J connectivity index is 3.51. The number of halogens is 5. The van der Waals surface area contributed by atoms with Gasteiger partial charge in [0.25, 0.3) is 0 Å². The van der Waals surface area contributed by atoms with E-state index in [1.54, 1.807) is 20.8 Å². The van der Waals surface area contributed by atoms with Gasteiger partial charge in [0.2, 0.25) is 0 Å². The van der Waals surface area contributed by atoms with Gasteiger partial charge in [-0.1, -0.05) is 0 Å². The molecule has 11 heteroatoms. The zero-order valence-corrected chi connectivity index (χ0v) is 16.8. The fraction of sp³-hybridized carbons (Fsp3) is 0.588. The van der Waals surface area contributed by atoms with Gasteiger partial charge in [0.1, 0.15) is 10.5 Å². The van der Waals surface area contributed by atoms with Crippen molar-refractivity contribution < 1.29 is 40.8 Å². The Kier molecular flexibility index (Phi) is 8.10. The molecule has 0 aliphatic rings. The molecule has 0 N–H and O–H groups in total. The summed E-state index contributed by atoms with van der Waals surface area (Å²) in [7, 11) is 2.46. The van der Waals surface area contributed by atoms with Crippen molar-refractivity contribution in [1.29, 1.82) is 0 Å². The quantitative estimate of drug-likeness (QED) is 0.366. The van der Waals surface area contributed by atoms with E-state index in [0.717, 1.165) is 13.2 Å². The number of carbonyl (C=O) groups is 1. The maximum Gasteiger partial charge on any atom is 0.416 e. The molecule has 1 aromatic carbocycles. The van der Waals surface area contributed by atoms with Crippen LogP contribution < -0.4 is 4.74 Å². The van der Waals surface area contributed by atoms with Crippen LogP contribution in [-0.2, 0) is 27.1 Å². The number of hydrogen-bond donors (Lipinski definition) is 0. The normalized spacial score (nSPS) is 14.9. The molecule has 0 aromatic heterocycles. The molecule has 2 atom stereocenters. The van der Waals surface area contributed by atoms with Crippen LogP contribution in [0.4, 0.5) is 22.0 Å². The third-order valence-electron chi connectivity index (χ3n) is 3.68. The number of alkyl halides is 5. The van der Waals surface area contributed by atoms with Crippen LogP contribution in [0.5, 0.6) is 5.75 Å². The van der Waals surface area contributed by atoms with E-state index >= 15 is 0 Å². The van der Waals surface area contributed by atoms with Gasteiger partial charge in [-0.25, -0.2) is 0 Å². The zero-order chi connectivity index (χ0) is 21.9. The molecule has 28 heavy (non-hydrogen) atoms. The Labute approximate surface area is 163 Å². The topological polar surface area (TPSA) is 61.8 Å². The summed E-state index contributed by atoms with van der Waals surface area (Å²) in [4.78, 5) is 11.8. The summed E-state index contributed by atoms with van der Waals surface area (Å²) in [5, 5.41) is 0.